The number of benzene rings is 1. The average molecular weight is 467 g/mol. The van der Waals surface area contributed by atoms with Gasteiger partial charge in [0.1, 0.15) is 12.4 Å². The standard InChI is InChI=1S/C23H31ClN2O4S/c1-3-18(27)14-25(11-12-29-2)15-23(28)26-10-8-22-20(9-13-31-22)21(26)16-30-19-6-4-17(24)5-7-19/h4-7,9,13,18,21,27H,3,8,10-12,14-16H2,1-2H3. The lowest BCUT2D eigenvalue weighted by Gasteiger charge is -2.37. The Labute approximate surface area is 193 Å². The highest BCUT2D eigenvalue weighted by Crippen LogP contribution is 2.34. The lowest BCUT2D eigenvalue weighted by Crippen LogP contribution is -2.48. The van der Waals surface area contributed by atoms with Gasteiger partial charge in [-0.1, -0.05) is 18.5 Å². The van der Waals surface area contributed by atoms with Gasteiger partial charge in [-0.15, -0.1) is 11.3 Å². The van der Waals surface area contributed by atoms with Crippen LogP contribution >= 0.6 is 22.9 Å². The minimum absolute atomic E-state index is 0.0426. The summed E-state index contributed by atoms with van der Waals surface area (Å²) < 4.78 is 11.2. The van der Waals surface area contributed by atoms with E-state index in [1.807, 2.05) is 28.9 Å². The minimum Gasteiger partial charge on any atom is -0.491 e. The molecule has 2 atom stereocenters. The monoisotopic (exact) mass is 466 g/mol. The maximum Gasteiger partial charge on any atom is 0.237 e. The summed E-state index contributed by atoms with van der Waals surface area (Å²) in [5.74, 6) is 0.771. The molecule has 0 bridgehead atoms. The first-order valence-electron chi connectivity index (χ1n) is 10.6. The van der Waals surface area contributed by atoms with Gasteiger partial charge in [0.05, 0.1) is 25.3 Å². The third-order valence-electron chi connectivity index (χ3n) is 5.55. The van der Waals surface area contributed by atoms with E-state index in [4.69, 9.17) is 21.1 Å². The molecule has 0 spiro atoms. The molecule has 1 aliphatic rings. The van der Waals surface area contributed by atoms with Crippen LogP contribution in [0, 0.1) is 0 Å². The zero-order valence-electron chi connectivity index (χ0n) is 18.1. The Morgan fingerprint density at radius 1 is 1.35 bits per heavy atom. The molecule has 8 heteroatoms. The predicted molar refractivity (Wildman–Crippen MR) is 124 cm³/mol. The number of carbonyl (C=O) groups excluding carboxylic acids is 1. The van der Waals surface area contributed by atoms with E-state index >= 15 is 0 Å². The summed E-state index contributed by atoms with van der Waals surface area (Å²) in [6.45, 7) is 4.80. The van der Waals surface area contributed by atoms with E-state index < -0.39 is 6.10 Å². The molecule has 1 N–H and O–H groups in total. The number of aliphatic hydroxyl groups excluding tert-OH is 1. The Hall–Kier alpha value is -1.64. The molecule has 1 aromatic heterocycles. The van der Waals surface area contributed by atoms with Crippen molar-refractivity contribution in [2.75, 3.05) is 46.5 Å². The molecular formula is C23H31ClN2O4S. The molecule has 2 unspecified atom stereocenters. The molecule has 170 valence electrons. The molecule has 1 amide bonds. The molecular weight excluding hydrogens is 436 g/mol. The van der Waals surface area contributed by atoms with Gasteiger partial charge in [-0.05, 0) is 54.1 Å². The van der Waals surface area contributed by atoms with Gasteiger partial charge in [-0.2, -0.15) is 0 Å². The molecule has 0 fully saturated rings. The largest absolute Gasteiger partial charge is 0.491 e. The van der Waals surface area contributed by atoms with Gasteiger partial charge < -0.3 is 19.5 Å². The van der Waals surface area contributed by atoms with Gasteiger partial charge in [0.25, 0.3) is 0 Å². The Morgan fingerprint density at radius 3 is 2.84 bits per heavy atom. The van der Waals surface area contributed by atoms with Crippen LogP contribution in [0.5, 0.6) is 5.75 Å². The van der Waals surface area contributed by atoms with Crippen molar-refractivity contribution >= 4 is 28.8 Å². The van der Waals surface area contributed by atoms with Crippen molar-refractivity contribution in [1.82, 2.24) is 9.80 Å². The number of ether oxygens (including phenoxy) is 2. The first-order chi connectivity index (χ1) is 15.0. The topological polar surface area (TPSA) is 62.2 Å². The summed E-state index contributed by atoms with van der Waals surface area (Å²) in [6, 6.07) is 9.22. The zero-order valence-corrected chi connectivity index (χ0v) is 19.7. The summed E-state index contributed by atoms with van der Waals surface area (Å²) >= 11 is 7.70. The van der Waals surface area contributed by atoms with Crippen molar-refractivity contribution in [3.05, 3.63) is 51.2 Å². The molecule has 2 heterocycles. The number of nitrogens with zero attached hydrogens (tertiary/aromatic N) is 2. The Kier molecular flexibility index (Phi) is 9.16. The number of methoxy groups -OCH3 is 1. The number of aliphatic hydroxyl groups is 1. The highest BCUT2D eigenvalue weighted by atomic mass is 35.5. The van der Waals surface area contributed by atoms with Crippen LogP contribution in [0.15, 0.2) is 35.7 Å². The third kappa shape index (κ3) is 6.67. The van der Waals surface area contributed by atoms with E-state index in [9.17, 15) is 9.90 Å². The van der Waals surface area contributed by atoms with E-state index in [0.717, 1.165) is 17.7 Å². The lowest BCUT2D eigenvalue weighted by atomic mass is 10.0. The molecule has 1 aromatic carbocycles. The average Bonchev–Trinajstić information content (AvgIpc) is 3.25. The molecule has 0 saturated carbocycles. The van der Waals surface area contributed by atoms with E-state index in [2.05, 4.69) is 11.4 Å². The number of hydrogen-bond acceptors (Lipinski definition) is 6. The van der Waals surface area contributed by atoms with Crippen molar-refractivity contribution < 1.29 is 19.4 Å². The van der Waals surface area contributed by atoms with E-state index in [1.165, 1.54) is 4.88 Å². The van der Waals surface area contributed by atoms with E-state index in [0.29, 0.717) is 44.3 Å². The number of halogens is 1. The summed E-state index contributed by atoms with van der Waals surface area (Å²) in [5, 5.41) is 12.8. The van der Waals surface area contributed by atoms with Gasteiger partial charge in [0, 0.05) is 36.6 Å². The molecule has 2 aromatic rings. The fourth-order valence-corrected chi connectivity index (χ4v) is 4.80. The van der Waals surface area contributed by atoms with Crippen LogP contribution in [0.25, 0.3) is 0 Å². The van der Waals surface area contributed by atoms with Gasteiger partial charge in [-0.3, -0.25) is 9.69 Å². The Morgan fingerprint density at radius 2 is 2.13 bits per heavy atom. The van der Waals surface area contributed by atoms with Crippen molar-refractivity contribution in [2.45, 2.75) is 31.9 Å². The third-order valence-corrected chi connectivity index (χ3v) is 6.80. The van der Waals surface area contributed by atoms with Crippen LogP contribution in [-0.2, 0) is 16.0 Å². The molecule has 1 aliphatic heterocycles. The number of thiophene rings is 1. The number of amides is 1. The number of fused-ring (bicyclic) bond motifs is 1. The normalized spacial score (nSPS) is 16.9. The lowest BCUT2D eigenvalue weighted by molar-refractivity contribution is -0.136. The highest BCUT2D eigenvalue weighted by molar-refractivity contribution is 7.10. The van der Waals surface area contributed by atoms with Crippen LogP contribution < -0.4 is 4.74 Å². The summed E-state index contributed by atoms with van der Waals surface area (Å²) in [6.07, 6.45) is 1.04. The van der Waals surface area contributed by atoms with Gasteiger partial charge in [0.2, 0.25) is 5.91 Å². The van der Waals surface area contributed by atoms with Crippen molar-refractivity contribution in [3.8, 4) is 5.75 Å². The Balaban J connectivity index is 1.71. The molecule has 0 saturated heterocycles. The van der Waals surface area contributed by atoms with Crippen LogP contribution in [0.4, 0.5) is 0 Å². The highest BCUT2D eigenvalue weighted by Gasteiger charge is 2.33. The quantitative estimate of drug-likeness (QED) is 0.548. The van der Waals surface area contributed by atoms with Crippen LogP contribution in [0.3, 0.4) is 0 Å². The SMILES string of the molecule is CCC(O)CN(CCOC)CC(=O)N1CCc2sccc2C1COc1ccc(Cl)cc1. The summed E-state index contributed by atoms with van der Waals surface area (Å²) in [5.41, 5.74) is 1.16. The first-order valence-corrected chi connectivity index (χ1v) is 11.9. The molecule has 3 rings (SSSR count). The van der Waals surface area contributed by atoms with E-state index in [1.54, 1.807) is 30.6 Å². The zero-order chi connectivity index (χ0) is 22.2. The molecule has 6 nitrogen and oxygen atoms in total. The molecule has 0 aliphatic carbocycles. The van der Waals surface area contributed by atoms with Crippen LogP contribution in [0.2, 0.25) is 5.02 Å². The number of hydrogen-bond donors (Lipinski definition) is 1. The van der Waals surface area contributed by atoms with Gasteiger partial charge in [-0.25, -0.2) is 0 Å². The van der Waals surface area contributed by atoms with Crippen LogP contribution in [-0.4, -0.2) is 73.4 Å². The maximum absolute atomic E-state index is 13.3. The van der Waals surface area contributed by atoms with Crippen LogP contribution in [0.1, 0.15) is 29.8 Å². The maximum atomic E-state index is 13.3. The summed E-state index contributed by atoms with van der Waals surface area (Å²) in [4.78, 5) is 18.5. The first kappa shape index (κ1) is 24.0. The van der Waals surface area contributed by atoms with E-state index in [-0.39, 0.29) is 18.5 Å². The Bertz CT molecular complexity index is 829. The fourth-order valence-electron chi connectivity index (χ4n) is 3.75. The summed E-state index contributed by atoms with van der Waals surface area (Å²) in [7, 11) is 1.64. The van der Waals surface area contributed by atoms with Crippen molar-refractivity contribution in [3.63, 3.8) is 0 Å². The second kappa shape index (κ2) is 11.8. The van der Waals surface area contributed by atoms with Crippen molar-refractivity contribution in [1.29, 1.82) is 0 Å². The predicted octanol–water partition coefficient (Wildman–Crippen LogP) is 3.63. The molecule has 0 radical (unpaired) electrons. The number of rotatable bonds is 11. The second-order valence-electron chi connectivity index (χ2n) is 7.71. The second-order valence-corrected chi connectivity index (χ2v) is 9.14. The molecule has 31 heavy (non-hydrogen) atoms. The number of carbonyl (C=O) groups is 1. The minimum atomic E-state index is -0.460. The smallest absolute Gasteiger partial charge is 0.237 e. The van der Waals surface area contributed by atoms with Gasteiger partial charge in [0.15, 0.2) is 0 Å². The fraction of sp³-hybridized carbons (Fsp3) is 0.522. The van der Waals surface area contributed by atoms with Gasteiger partial charge >= 0.3 is 0 Å². The van der Waals surface area contributed by atoms with Crippen molar-refractivity contribution in [2.24, 2.45) is 0 Å².